The minimum absolute atomic E-state index is 0.0711. The first-order valence-electron chi connectivity index (χ1n) is 7.78. The van der Waals surface area contributed by atoms with Crippen LogP contribution in [-0.2, 0) is 30.4 Å². The van der Waals surface area contributed by atoms with E-state index in [9.17, 15) is 19.5 Å². The zero-order valence-corrected chi connectivity index (χ0v) is 14.3. The van der Waals surface area contributed by atoms with E-state index in [-0.39, 0.29) is 19.4 Å². The largest absolute Gasteiger partial charge is 0.467 e. The van der Waals surface area contributed by atoms with Crippen molar-refractivity contribution in [3.05, 3.63) is 35.9 Å². The first-order valence-corrected chi connectivity index (χ1v) is 7.78. The number of nitrogens with one attached hydrogen (secondary N) is 1. The fourth-order valence-corrected chi connectivity index (χ4v) is 2.07. The molecule has 1 amide bonds. The fourth-order valence-electron chi connectivity index (χ4n) is 2.07. The van der Waals surface area contributed by atoms with Crippen LogP contribution in [0.2, 0.25) is 0 Å². The van der Waals surface area contributed by atoms with Gasteiger partial charge in [-0.2, -0.15) is 0 Å². The lowest BCUT2D eigenvalue weighted by molar-refractivity contribution is -0.150. The zero-order chi connectivity index (χ0) is 18.7. The number of aliphatic hydroxyl groups excluding tert-OH is 1. The molecule has 0 bridgehead atoms. The normalized spacial score (nSPS) is 12.6. The van der Waals surface area contributed by atoms with Gasteiger partial charge < -0.3 is 24.6 Å². The molecule has 0 aliphatic rings. The lowest BCUT2D eigenvalue weighted by Crippen LogP contribution is -2.41. The Morgan fingerprint density at radius 1 is 1.04 bits per heavy atom. The maximum absolute atomic E-state index is 11.8. The van der Waals surface area contributed by atoms with Crippen molar-refractivity contribution in [1.29, 1.82) is 0 Å². The summed E-state index contributed by atoms with van der Waals surface area (Å²) in [6.07, 6.45) is -1.45. The van der Waals surface area contributed by atoms with Crippen LogP contribution in [0, 0.1) is 0 Å². The molecule has 0 fully saturated rings. The monoisotopic (exact) mass is 353 g/mol. The van der Waals surface area contributed by atoms with E-state index in [1.165, 1.54) is 14.2 Å². The molecular weight excluding hydrogens is 330 g/mol. The Morgan fingerprint density at radius 2 is 1.68 bits per heavy atom. The van der Waals surface area contributed by atoms with Crippen LogP contribution in [0.15, 0.2) is 30.3 Å². The van der Waals surface area contributed by atoms with Crippen LogP contribution in [0.3, 0.4) is 0 Å². The van der Waals surface area contributed by atoms with Crippen LogP contribution in [0.4, 0.5) is 4.79 Å². The van der Waals surface area contributed by atoms with E-state index in [0.29, 0.717) is 6.42 Å². The van der Waals surface area contributed by atoms with Crippen LogP contribution in [-0.4, -0.2) is 49.5 Å². The van der Waals surface area contributed by atoms with Crippen molar-refractivity contribution in [2.45, 2.75) is 38.0 Å². The summed E-state index contributed by atoms with van der Waals surface area (Å²) in [6.45, 7) is 0.0711. The number of aliphatic hydroxyl groups is 1. The number of benzene rings is 1. The zero-order valence-electron chi connectivity index (χ0n) is 14.3. The van der Waals surface area contributed by atoms with E-state index in [2.05, 4.69) is 14.8 Å². The summed E-state index contributed by atoms with van der Waals surface area (Å²) in [7, 11) is 2.38. The van der Waals surface area contributed by atoms with Gasteiger partial charge in [0.15, 0.2) is 6.10 Å². The smallest absolute Gasteiger partial charge is 0.408 e. The molecule has 0 saturated heterocycles. The lowest BCUT2D eigenvalue weighted by Gasteiger charge is -2.17. The van der Waals surface area contributed by atoms with Crippen molar-refractivity contribution < 1.29 is 33.7 Å². The van der Waals surface area contributed by atoms with Crippen LogP contribution < -0.4 is 5.32 Å². The second-order valence-corrected chi connectivity index (χ2v) is 5.25. The highest BCUT2D eigenvalue weighted by molar-refractivity contribution is 5.81. The van der Waals surface area contributed by atoms with Crippen LogP contribution in [0.25, 0.3) is 0 Å². The van der Waals surface area contributed by atoms with Crippen LogP contribution in [0.1, 0.15) is 24.8 Å². The summed E-state index contributed by atoms with van der Waals surface area (Å²) in [5.74, 6) is -1.38. The summed E-state index contributed by atoms with van der Waals surface area (Å²) < 4.78 is 14.1. The Morgan fingerprint density at radius 3 is 2.28 bits per heavy atom. The molecule has 2 atom stereocenters. The van der Waals surface area contributed by atoms with Gasteiger partial charge in [0.1, 0.15) is 12.6 Å². The number of esters is 2. The molecule has 0 aliphatic heterocycles. The van der Waals surface area contributed by atoms with Gasteiger partial charge in [-0.3, -0.25) is 0 Å². The molecule has 2 N–H and O–H groups in total. The number of hydrogen-bond donors (Lipinski definition) is 2. The van der Waals surface area contributed by atoms with Crippen LogP contribution >= 0.6 is 0 Å². The molecule has 0 unspecified atom stereocenters. The quantitative estimate of drug-likeness (QED) is 0.506. The number of carbonyl (C=O) groups excluding carboxylic acids is 3. The number of rotatable bonds is 9. The molecule has 0 spiro atoms. The molecule has 1 rings (SSSR count). The fraction of sp³-hybridized carbons (Fsp3) is 0.471. The van der Waals surface area contributed by atoms with Gasteiger partial charge in [-0.05, 0) is 24.8 Å². The summed E-state index contributed by atoms with van der Waals surface area (Å²) in [4.78, 5) is 34.7. The molecule has 0 saturated carbocycles. The summed E-state index contributed by atoms with van der Waals surface area (Å²) >= 11 is 0. The lowest BCUT2D eigenvalue weighted by atomic mass is 10.1. The maximum atomic E-state index is 11.8. The molecule has 138 valence electrons. The molecule has 0 aromatic heterocycles. The number of carbonyl (C=O) groups is 3. The number of amides is 1. The van der Waals surface area contributed by atoms with Gasteiger partial charge in [-0.25, -0.2) is 14.4 Å². The third kappa shape index (κ3) is 7.67. The third-order valence-electron chi connectivity index (χ3n) is 3.43. The Bertz CT molecular complexity index is 561. The number of methoxy groups -OCH3 is 2. The number of ether oxygens (including phenoxy) is 3. The molecule has 1 aromatic rings. The third-order valence-corrected chi connectivity index (χ3v) is 3.43. The Hall–Kier alpha value is -2.61. The van der Waals surface area contributed by atoms with E-state index < -0.39 is 30.2 Å². The van der Waals surface area contributed by atoms with E-state index >= 15 is 0 Å². The topological polar surface area (TPSA) is 111 Å². The van der Waals surface area contributed by atoms with E-state index in [1.54, 1.807) is 12.1 Å². The average Bonchev–Trinajstić information content (AvgIpc) is 2.64. The molecule has 0 aliphatic carbocycles. The van der Waals surface area contributed by atoms with Gasteiger partial charge in [0, 0.05) is 0 Å². The van der Waals surface area contributed by atoms with Crippen molar-refractivity contribution in [3.63, 3.8) is 0 Å². The van der Waals surface area contributed by atoms with Crippen molar-refractivity contribution in [1.82, 2.24) is 5.32 Å². The summed E-state index contributed by atoms with van der Waals surface area (Å²) in [6, 6.07) is 8.16. The van der Waals surface area contributed by atoms with Gasteiger partial charge in [0.2, 0.25) is 0 Å². The predicted molar refractivity (Wildman–Crippen MR) is 87.4 cm³/mol. The standard InChI is InChI=1S/C17H23NO7/c1-23-15(20)13(9-6-10-14(19)16(21)24-2)18-17(22)25-11-12-7-4-3-5-8-12/h3-5,7-8,13-14,19H,6,9-11H2,1-2H3,(H,18,22)/t13-,14+/m0/s1. The number of alkyl carbamates (subject to hydrolysis) is 1. The molecule has 1 aromatic carbocycles. The van der Waals surface area contributed by atoms with E-state index in [0.717, 1.165) is 5.56 Å². The van der Waals surface area contributed by atoms with Crippen molar-refractivity contribution >= 4 is 18.0 Å². The number of hydrogen-bond acceptors (Lipinski definition) is 7. The summed E-state index contributed by atoms with van der Waals surface area (Å²) in [5, 5.41) is 11.9. The van der Waals surface area contributed by atoms with E-state index in [1.807, 2.05) is 18.2 Å². The summed E-state index contributed by atoms with van der Waals surface area (Å²) in [5.41, 5.74) is 0.813. The SMILES string of the molecule is COC(=O)[C@H](O)CCC[C@H](NC(=O)OCc1ccccc1)C(=O)OC. The van der Waals surface area contributed by atoms with Crippen molar-refractivity contribution in [2.24, 2.45) is 0 Å². The molecule has 0 radical (unpaired) electrons. The highest BCUT2D eigenvalue weighted by Gasteiger charge is 2.23. The molecule has 8 heteroatoms. The van der Waals surface area contributed by atoms with Gasteiger partial charge in [0.25, 0.3) is 0 Å². The maximum Gasteiger partial charge on any atom is 0.408 e. The minimum Gasteiger partial charge on any atom is -0.467 e. The Kier molecular flexibility index (Phi) is 9.02. The van der Waals surface area contributed by atoms with Gasteiger partial charge >= 0.3 is 18.0 Å². The van der Waals surface area contributed by atoms with Crippen molar-refractivity contribution in [2.75, 3.05) is 14.2 Å². The van der Waals surface area contributed by atoms with Gasteiger partial charge in [-0.15, -0.1) is 0 Å². The van der Waals surface area contributed by atoms with E-state index in [4.69, 9.17) is 4.74 Å². The predicted octanol–water partition coefficient (Wildman–Crippen LogP) is 1.16. The second-order valence-electron chi connectivity index (χ2n) is 5.25. The highest BCUT2D eigenvalue weighted by Crippen LogP contribution is 2.08. The van der Waals surface area contributed by atoms with Gasteiger partial charge in [-0.1, -0.05) is 30.3 Å². The molecule has 8 nitrogen and oxygen atoms in total. The first-order chi connectivity index (χ1) is 12.0. The van der Waals surface area contributed by atoms with Crippen molar-refractivity contribution in [3.8, 4) is 0 Å². The molecule has 25 heavy (non-hydrogen) atoms. The van der Waals surface area contributed by atoms with Crippen LogP contribution in [0.5, 0.6) is 0 Å². The Balaban J connectivity index is 2.45. The average molecular weight is 353 g/mol. The Labute approximate surface area is 146 Å². The van der Waals surface area contributed by atoms with Gasteiger partial charge in [0.05, 0.1) is 14.2 Å². The highest BCUT2D eigenvalue weighted by atomic mass is 16.6. The molecular formula is C17H23NO7. The first kappa shape index (κ1) is 20.4. The molecule has 0 heterocycles. The minimum atomic E-state index is -1.27. The second kappa shape index (κ2) is 11.0.